The first-order valence-corrected chi connectivity index (χ1v) is 7.75. The van der Waals surface area contributed by atoms with Gasteiger partial charge in [-0.2, -0.15) is 0 Å². The zero-order chi connectivity index (χ0) is 14.2. The lowest BCUT2D eigenvalue weighted by Crippen LogP contribution is -2.01. The Balaban J connectivity index is 3.32. The fourth-order valence-corrected chi connectivity index (χ4v) is 1.81. The van der Waals surface area contributed by atoms with E-state index in [-0.39, 0.29) is 5.97 Å². The standard InChI is InChI=1S/C17H30O2/c1-3-5-7-9-10-11-12-13-15-17(18)19-16-14-8-6-4-2/h4,6,13,15H,3,5,7-12,14,16H2,1-2H3/b6-4+,15-13+. The molecule has 0 radical (unpaired) electrons. The van der Waals surface area contributed by atoms with Crippen LogP contribution in [-0.4, -0.2) is 12.6 Å². The van der Waals surface area contributed by atoms with Gasteiger partial charge in [0, 0.05) is 6.08 Å². The quantitative estimate of drug-likeness (QED) is 0.210. The SMILES string of the molecule is C/C=C/CCCOC(=O)/C=C/CCCCCCCC. The number of ether oxygens (including phenoxy) is 1. The number of carbonyl (C=O) groups excluding carboxylic acids is 1. The van der Waals surface area contributed by atoms with E-state index in [1.165, 1.54) is 38.5 Å². The van der Waals surface area contributed by atoms with E-state index in [1.54, 1.807) is 6.08 Å². The molecule has 0 unspecified atom stereocenters. The molecule has 0 aromatic heterocycles. The second-order valence-electron chi connectivity index (χ2n) is 4.84. The van der Waals surface area contributed by atoms with E-state index in [9.17, 15) is 4.79 Å². The van der Waals surface area contributed by atoms with Gasteiger partial charge in [-0.25, -0.2) is 4.79 Å². The van der Waals surface area contributed by atoms with Gasteiger partial charge in [0.2, 0.25) is 0 Å². The largest absolute Gasteiger partial charge is 0.463 e. The van der Waals surface area contributed by atoms with Crippen LogP contribution in [0.5, 0.6) is 0 Å². The molecule has 0 atom stereocenters. The van der Waals surface area contributed by atoms with Gasteiger partial charge in [0.1, 0.15) is 0 Å². The first kappa shape index (κ1) is 17.9. The summed E-state index contributed by atoms with van der Waals surface area (Å²) in [5.41, 5.74) is 0. The molecule has 0 amide bonds. The summed E-state index contributed by atoms with van der Waals surface area (Å²) >= 11 is 0. The summed E-state index contributed by atoms with van der Waals surface area (Å²) in [6.07, 6.45) is 18.2. The fourth-order valence-electron chi connectivity index (χ4n) is 1.81. The topological polar surface area (TPSA) is 26.3 Å². The minimum Gasteiger partial charge on any atom is -0.463 e. The van der Waals surface area contributed by atoms with Crippen LogP contribution < -0.4 is 0 Å². The van der Waals surface area contributed by atoms with Gasteiger partial charge in [0.15, 0.2) is 0 Å². The van der Waals surface area contributed by atoms with Crippen LogP contribution in [0.4, 0.5) is 0 Å². The Morgan fingerprint density at radius 1 is 0.947 bits per heavy atom. The molecule has 2 heteroatoms. The van der Waals surface area contributed by atoms with Crippen molar-refractivity contribution < 1.29 is 9.53 Å². The minimum absolute atomic E-state index is 0.202. The molecule has 0 aliphatic carbocycles. The zero-order valence-electron chi connectivity index (χ0n) is 12.7. The summed E-state index contributed by atoms with van der Waals surface area (Å²) in [6, 6.07) is 0. The Morgan fingerprint density at radius 3 is 2.37 bits per heavy atom. The highest BCUT2D eigenvalue weighted by atomic mass is 16.5. The number of allylic oxidation sites excluding steroid dienone is 3. The molecule has 0 saturated heterocycles. The molecule has 0 aliphatic heterocycles. The Bertz CT molecular complexity index is 254. The second kappa shape index (κ2) is 15.0. The number of esters is 1. The van der Waals surface area contributed by atoms with Crippen LogP contribution in [0.25, 0.3) is 0 Å². The summed E-state index contributed by atoms with van der Waals surface area (Å²) in [7, 11) is 0. The Kier molecular flexibility index (Phi) is 14.2. The molecule has 0 bridgehead atoms. The van der Waals surface area contributed by atoms with Crippen LogP contribution in [0.15, 0.2) is 24.3 Å². The monoisotopic (exact) mass is 266 g/mol. The van der Waals surface area contributed by atoms with E-state index in [2.05, 4.69) is 13.0 Å². The number of rotatable bonds is 12. The van der Waals surface area contributed by atoms with Gasteiger partial charge in [-0.3, -0.25) is 0 Å². The highest BCUT2D eigenvalue weighted by molar-refractivity contribution is 5.81. The lowest BCUT2D eigenvalue weighted by atomic mass is 10.1. The Morgan fingerprint density at radius 2 is 1.63 bits per heavy atom. The van der Waals surface area contributed by atoms with E-state index < -0.39 is 0 Å². The van der Waals surface area contributed by atoms with Gasteiger partial charge in [-0.15, -0.1) is 0 Å². The maximum absolute atomic E-state index is 11.3. The molecule has 110 valence electrons. The first-order valence-electron chi connectivity index (χ1n) is 7.75. The van der Waals surface area contributed by atoms with Gasteiger partial charge in [0.05, 0.1) is 6.61 Å². The molecule has 0 heterocycles. The molecule has 0 spiro atoms. The van der Waals surface area contributed by atoms with E-state index in [0.29, 0.717) is 6.61 Å². The number of unbranched alkanes of at least 4 members (excludes halogenated alkanes) is 7. The lowest BCUT2D eigenvalue weighted by Gasteiger charge is -2.00. The van der Waals surface area contributed by atoms with Crippen LogP contribution in [0.1, 0.15) is 71.6 Å². The van der Waals surface area contributed by atoms with Gasteiger partial charge in [-0.05, 0) is 32.6 Å². The Labute approximate surface area is 118 Å². The highest BCUT2D eigenvalue weighted by Gasteiger charge is 1.95. The number of carbonyl (C=O) groups is 1. The van der Waals surface area contributed by atoms with E-state index in [0.717, 1.165) is 19.3 Å². The predicted molar refractivity (Wildman–Crippen MR) is 82.1 cm³/mol. The van der Waals surface area contributed by atoms with Gasteiger partial charge >= 0.3 is 5.97 Å². The van der Waals surface area contributed by atoms with Crippen molar-refractivity contribution >= 4 is 5.97 Å². The van der Waals surface area contributed by atoms with Gasteiger partial charge < -0.3 is 4.74 Å². The Hall–Kier alpha value is -1.05. The molecule has 2 nitrogen and oxygen atoms in total. The second-order valence-corrected chi connectivity index (χ2v) is 4.84. The molecule has 19 heavy (non-hydrogen) atoms. The lowest BCUT2D eigenvalue weighted by molar-refractivity contribution is -0.137. The normalized spacial score (nSPS) is 11.5. The molecule has 0 aliphatic rings. The molecular weight excluding hydrogens is 236 g/mol. The van der Waals surface area contributed by atoms with Crippen LogP contribution >= 0.6 is 0 Å². The smallest absolute Gasteiger partial charge is 0.330 e. The van der Waals surface area contributed by atoms with Crippen molar-refractivity contribution in [1.29, 1.82) is 0 Å². The van der Waals surface area contributed by atoms with Crippen LogP contribution in [0, 0.1) is 0 Å². The average Bonchev–Trinajstić information content (AvgIpc) is 2.41. The molecular formula is C17H30O2. The third kappa shape index (κ3) is 14.9. The van der Waals surface area contributed by atoms with Crippen molar-refractivity contribution in [2.75, 3.05) is 6.61 Å². The van der Waals surface area contributed by atoms with Crippen molar-refractivity contribution in [3.63, 3.8) is 0 Å². The maximum Gasteiger partial charge on any atom is 0.330 e. The van der Waals surface area contributed by atoms with E-state index in [4.69, 9.17) is 4.74 Å². The molecule has 0 aromatic rings. The zero-order valence-corrected chi connectivity index (χ0v) is 12.7. The molecule has 0 aromatic carbocycles. The van der Waals surface area contributed by atoms with Gasteiger partial charge in [0.25, 0.3) is 0 Å². The van der Waals surface area contributed by atoms with Crippen LogP contribution in [0.2, 0.25) is 0 Å². The molecule has 0 N–H and O–H groups in total. The van der Waals surface area contributed by atoms with Gasteiger partial charge in [-0.1, -0.05) is 57.3 Å². The average molecular weight is 266 g/mol. The molecule has 0 saturated carbocycles. The summed E-state index contributed by atoms with van der Waals surface area (Å²) in [4.78, 5) is 11.3. The third-order valence-electron chi connectivity index (χ3n) is 2.97. The van der Waals surface area contributed by atoms with E-state index in [1.807, 2.05) is 19.1 Å². The van der Waals surface area contributed by atoms with Crippen molar-refractivity contribution in [1.82, 2.24) is 0 Å². The molecule has 0 rings (SSSR count). The summed E-state index contributed by atoms with van der Waals surface area (Å²) in [5.74, 6) is -0.202. The summed E-state index contributed by atoms with van der Waals surface area (Å²) in [6.45, 7) is 4.74. The maximum atomic E-state index is 11.3. The summed E-state index contributed by atoms with van der Waals surface area (Å²) in [5, 5.41) is 0. The third-order valence-corrected chi connectivity index (χ3v) is 2.97. The number of hydrogen-bond donors (Lipinski definition) is 0. The van der Waals surface area contributed by atoms with Crippen molar-refractivity contribution in [2.45, 2.75) is 71.6 Å². The first-order chi connectivity index (χ1) is 9.31. The summed E-state index contributed by atoms with van der Waals surface area (Å²) < 4.78 is 5.09. The highest BCUT2D eigenvalue weighted by Crippen LogP contribution is 2.07. The number of hydrogen-bond acceptors (Lipinski definition) is 2. The molecule has 0 fully saturated rings. The fraction of sp³-hybridized carbons (Fsp3) is 0.706. The van der Waals surface area contributed by atoms with E-state index >= 15 is 0 Å². The predicted octanol–water partition coefficient (Wildman–Crippen LogP) is 5.19. The van der Waals surface area contributed by atoms with Crippen LogP contribution in [-0.2, 0) is 9.53 Å². The van der Waals surface area contributed by atoms with Crippen LogP contribution in [0.3, 0.4) is 0 Å². The van der Waals surface area contributed by atoms with Crippen molar-refractivity contribution in [2.24, 2.45) is 0 Å². The van der Waals surface area contributed by atoms with Crippen molar-refractivity contribution in [3.8, 4) is 0 Å². The minimum atomic E-state index is -0.202. The van der Waals surface area contributed by atoms with Crippen molar-refractivity contribution in [3.05, 3.63) is 24.3 Å².